The van der Waals surface area contributed by atoms with E-state index in [-0.39, 0.29) is 31.0 Å². The molecule has 0 fully saturated rings. The van der Waals surface area contributed by atoms with Crippen LogP contribution in [0.5, 0.6) is 0 Å². The number of allylic oxidation sites excluding steroid dienone is 1. The molecule has 0 N–H and O–H groups in total. The molecule has 1 aromatic carbocycles. The Kier molecular flexibility index (Phi) is 3.99. The van der Waals surface area contributed by atoms with E-state index in [1.54, 1.807) is 0 Å². The van der Waals surface area contributed by atoms with Gasteiger partial charge in [-0.05, 0) is 29.5 Å². The SMILES string of the molecule is Cc1cccc2c1C=CC2C[Si].[H-].[Na+]. The second kappa shape index (κ2) is 4.60. The molecule has 0 heterocycles. The van der Waals surface area contributed by atoms with Gasteiger partial charge in [-0.25, -0.2) is 0 Å². The van der Waals surface area contributed by atoms with Crippen LogP contribution in [0, 0.1) is 6.92 Å². The number of benzene rings is 1. The van der Waals surface area contributed by atoms with Crippen molar-refractivity contribution in [2.24, 2.45) is 0 Å². The van der Waals surface area contributed by atoms with Crippen molar-refractivity contribution < 1.29 is 31.0 Å². The van der Waals surface area contributed by atoms with Gasteiger partial charge in [-0.15, -0.1) is 0 Å². The van der Waals surface area contributed by atoms with Gasteiger partial charge < -0.3 is 1.43 Å². The predicted molar refractivity (Wildman–Crippen MR) is 54.6 cm³/mol. The van der Waals surface area contributed by atoms with E-state index in [0.717, 1.165) is 6.04 Å². The normalized spacial score (nSPS) is 18.2. The van der Waals surface area contributed by atoms with E-state index in [1.807, 2.05) is 0 Å². The van der Waals surface area contributed by atoms with Crippen LogP contribution in [0.4, 0.5) is 0 Å². The number of hydrogen-bond donors (Lipinski definition) is 0. The van der Waals surface area contributed by atoms with Crippen molar-refractivity contribution in [3.63, 3.8) is 0 Å². The van der Waals surface area contributed by atoms with Crippen LogP contribution < -0.4 is 29.6 Å². The van der Waals surface area contributed by atoms with E-state index < -0.39 is 0 Å². The Morgan fingerprint density at radius 3 is 2.92 bits per heavy atom. The first-order valence-corrected chi connectivity index (χ1v) is 4.96. The Morgan fingerprint density at radius 1 is 1.46 bits per heavy atom. The molecule has 0 bridgehead atoms. The second-order valence-corrected chi connectivity index (χ2v) is 3.66. The molecule has 3 radical (unpaired) electrons. The van der Waals surface area contributed by atoms with Crippen molar-refractivity contribution in [3.05, 3.63) is 41.0 Å². The molecule has 1 atom stereocenters. The molecular weight excluding hydrogens is 183 g/mol. The van der Waals surface area contributed by atoms with E-state index >= 15 is 0 Å². The zero-order valence-electron chi connectivity index (χ0n) is 9.17. The molecule has 13 heavy (non-hydrogen) atoms. The van der Waals surface area contributed by atoms with Crippen LogP contribution in [-0.4, -0.2) is 10.2 Å². The zero-order chi connectivity index (χ0) is 8.55. The first-order chi connectivity index (χ1) is 5.83. The fraction of sp³-hybridized carbons (Fsp3) is 0.273. The van der Waals surface area contributed by atoms with Gasteiger partial charge in [0.1, 0.15) is 0 Å². The van der Waals surface area contributed by atoms with Crippen molar-refractivity contribution >= 4 is 16.3 Å². The van der Waals surface area contributed by atoms with Crippen LogP contribution >= 0.6 is 0 Å². The van der Waals surface area contributed by atoms with Gasteiger partial charge in [-0.1, -0.05) is 36.4 Å². The summed E-state index contributed by atoms with van der Waals surface area (Å²) in [7, 11) is 3.57. The maximum absolute atomic E-state index is 3.57. The van der Waals surface area contributed by atoms with Gasteiger partial charge in [0.05, 0.1) is 0 Å². The number of hydrogen-bond acceptors (Lipinski definition) is 0. The molecule has 1 aliphatic carbocycles. The molecule has 2 rings (SSSR count). The Labute approximate surface area is 107 Å². The third-order valence-corrected chi connectivity index (χ3v) is 2.91. The number of rotatable bonds is 1. The van der Waals surface area contributed by atoms with Crippen molar-refractivity contribution in [2.45, 2.75) is 18.9 Å². The maximum Gasteiger partial charge on any atom is 1.00 e. The van der Waals surface area contributed by atoms with Crippen molar-refractivity contribution in [2.75, 3.05) is 0 Å². The van der Waals surface area contributed by atoms with E-state index in [4.69, 9.17) is 0 Å². The van der Waals surface area contributed by atoms with Gasteiger partial charge in [-0.3, -0.25) is 0 Å². The average molecular weight is 195 g/mol. The van der Waals surface area contributed by atoms with Crippen molar-refractivity contribution in [3.8, 4) is 0 Å². The molecule has 1 unspecified atom stereocenters. The Morgan fingerprint density at radius 2 is 2.23 bits per heavy atom. The molecular formula is C11H12NaSi. The third kappa shape index (κ3) is 1.99. The quantitative estimate of drug-likeness (QED) is 0.545. The summed E-state index contributed by atoms with van der Waals surface area (Å²) in [4.78, 5) is 0. The van der Waals surface area contributed by atoms with Crippen LogP contribution in [0.1, 0.15) is 24.0 Å². The zero-order valence-corrected chi connectivity index (χ0v) is 11.2. The standard InChI is InChI=1S/C11H11Si.Na.H/c1-8-3-2-4-11-9(7-12)5-6-10(8)11;;/h2-6,9H,7H2,1H3;;/q;+1;-1. The van der Waals surface area contributed by atoms with Gasteiger partial charge in [-0.2, -0.15) is 0 Å². The molecule has 0 saturated carbocycles. The fourth-order valence-corrected chi connectivity index (χ4v) is 2.10. The van der Waals surface area contributed by atoms with Crippen LogP contribution in [-0.2, 0) is 0 Å². The minimum Gasteiger partial charge on any atom is -1.00 e. The topological polar surface area (TPSA) is 0 Å². The summed E-state index contributed by atoms with van der Waals surface area (Å²) in [5.41, 5.74) is 4.26. The van der Waals surface area contributed by atoms with Crippen LogP contribution in [0.3, 0.4) is 0 Å². The number of aryl methyl sites for hydroxylation is 1. The van der Waals surface area contributed by atoms with Gasteiger partial charge >= 0.3 is 29.6 Å². The molecule has 61 valence electrons. The van der Waals surface area contributed by atoms with Gasteiger partial charge in [0.25, 0.3) is 0 Å². The molecule has 2 heteroatoms. The Balaban J connectivity index is 0.000000845. The van der Waals surface area contributed by atoms with Crippen LogP contribution in [0.25, 0.3) is 6.08 Å². The van der Waals surface area contributed by atoms with Crippen molar-refractivity contribution in [1.29, 1.82) is 0 Å². The largest absolute Gasteiger partial charge is 1.00 e. The minimum atomic E-state index is 0. The van der Waals surface area contributed by atoms with Gasteiger partial charge in [0.15, 0.2) is 0 Å². The summed E-state index contributed by atoms with van der Waals surface area (Å²) in [5, 5.41) is 0. The first kappa shape index (κ1) is 11.3. The van der Waals surface area contributed by atoms with E-state index in [1.165, 1.54) is 16.7 Å². The molecule has 0 nitrogen and oxygen atoms in total. The van der Waals surface area contributed by atoms with Gasteiger partial charge in [0, 0.05) is 10.2 Å². The summed E-state index contributed by atoms with van der Waals surface area (Å²) in [5.74, 6) is 0.580. The summed E-state index contributed by atoms with van der Waals surface area (Å²) in [6.07, 6.45) is 4.50. The summed E-state index contributed by atoms with van der Waals surface area (Å²) in [6, 6.07) is 7.54. The van der Waals surface area contributed by atoms with Crippen LogP contribution in [0.15, 0.2) is 24.3 Å². The third-order valence-electron chi connectivity index (χ3n) is 2.47. The molecule has 1 aromatic rings. The molecule has 0 aromatic heterocycles. The summed E-state index contributed by atoms with van der Waals surface area (Å²) >= 11 is 0. The monoisotopic (exact) mass is 195 g/mol. The van der Waals surface area contributed by atoms with E-state index in [9.17, 15) is 0 Å². The molecule has 0 spiro atoms. The Bertz CT molecular complexity index is 336. The van der Waals surface area contributed by atoms with Crippen molar-refractivity contribution in [1.82, 2.24) is 0 Å². The maximum atomic E-state index is 3.57. The van der Waals surface area contributed by atoms with Crippen LogP contribution in [0.2, 0.25) is 6.04 Å². The smallest absolute Gasteiger partial charge is 1.00 e. The average Bonchev–Trinajstić information content (AvgIpc) is 2.49. The van der Waals surface area contributed by atoms with Gasteiger partial charge in [0.2, 0.25) is 0 Å². The predicted octanol–water partition coefficient (Wildman–Crippen LogP) is -0.191. The van der Waals surface area contributed by atoms with E-state index in [2.05, 4.69) is 47.5 Å². The minimum absolute atomic E-state index is 0. The molecule has 0 aliphatic heterocycles. The first-order valence-electron chi connectivity index (χ1n) is 4.25. The number of fused-ring (bicyclic) bond motifs is 1. The van der Waals surface area contributed by atoms with E-state index in [0.29, 0.717) is 5.92 Å². The Hall–Kier alpha value is 0.177. The molecule has 0 amide bonds. The summed E-state index contributed by atoms with van der Waals surface area (Å²) < 4.78 is 0. The molecule has 0 saturated heterocycles. The molecule has 1 aliphatic rings. The summed E-state index contributed by atoms with van der Waals surface area (Å²) in [6.45, 7) is 2.17. The second-order valence-electron chi connectivity index (χ2n) is 3.25. The fourth-order valence-electron chi connectivity index (χ4n) is 1.75.